The van der Waals surface area contributed by atoms with Crippen LogP contribution in [-0.4, -0.2) is 58.1 Å². The number of phenols is 1. The Morgan fingerprint density at radius 3 is 2.15 bits per heavy atom. The summed E-state index contributed by atoms with van der Waals surface area (Å²) in [6, 6.07) is 3.56. The molecule has 3 atom stereocenters. The summed E-state index contributed by atoms with van der Waals surface area (Å²) in [4.78, 5) is 53.7. The first kappa shape index (κ1) is 33.7. The van der Waals surface area contributed by atoms with E-state index >= 15 is 0 Å². The third-order valence-electron chi connectivity index (χ3n) is 6.12. The molecule has 0 aliphatic carbocycles. The smallest absolute Gasteiger partial charge is 0.408 e. The number of aromatic hydroxyl groups is 1. The molecule has 39 heavy (non-hydrogen) atoms. The van der Waals surface area contributed by atoms with Crippen LogP contribution in [0.5, 0.6) is 5.75 Å². The van der Waals surface area contributed by atoms with E-state index in [1.54, 1.807) is 32.9 Å². The highest BCUT2D eigenvalue weighted by atomic mass is 16.6. The normalized spacial score (nSPS) is 13.7. The summed E-state index contributed by atoms with van der Waals surface area (Å²) < 4.78 is 5.37. The summed E-state index contributed by atoms with van der Waals surface area (Å²) in [6.45, 7) is 13.6. The Kier molecular flexibility index (Phi) is 13.8. The molecule has 0 radical (unpaired) electrons. The summed E-state index contributed by atoms with van der Waals surface area (Å²) in [5.41, 5.74) is 5.08. The van der Waals surface area contributed by atoms with Gasteiger partial charge in [0.25, 0.3) is 0 Å². The standard InChI is InChI=1S/C29H48N4O6/c1-8-9-18-31-26(36)25(21-12-14-22(34)15-13-21)33(20(4)11-10-19(2)3)27(37)23(16-17-24(30)35)32-28(38)39-29(5,6)7/h12-15,19-20,23,25,34H,8-11,16-18H2,1-7H3,(H2,30,35)(H,31,36)(H,32,38). The number of hydrogen-bond acceptors (Lipinski definition) is 6. The minimum absolute atomic E-state index is 0.0283. The maximum atomic E-state index is 14.2. The maximum Gasteiger partial charge on any atom is 0.408 e. The molecule has 10 nitrogen and oxygen atoms in total. The molecule has 0 saturated carbocycles. The molecular weight excluding hydrogens is 500 g/mol. The quantitative estimate of drug-likeness (QED) is 0.242. The number of ether oxygens (including phenoxy) is 1. The van der Waals surface area contributed by atoms with Gasteiger partial charge < -0.3 is 31.1 Å². The zero-order valence-corrected chi connectivity index (χ0v) is 24.6. The van der Waals surface area contributed by atoms with Crippen molar-refractivity contribution in [3.8, 4) is 5.75 Å². The van der Waals surface area contributed by atoms with E-state index in [0.717, 1.165) is 19.3 Å². The lowest BCUT2D eigenvalue weighted by atomic mass is 9.96. The second kappa shape index (κ2) is 16.0. The zero-order chi connectivity index (χ0) is 29.8. The first-order valence-electron chi connectivity index (χ1n) is 13.8. The molecule has 0 heterocycles. The van der Waals surface area contributed by atoms with Gasteiger partial charge in [0.05, 0.1) is 0 Å². The number of nitrogens with two attached hydrogens (primary N) is 1. The van der Waals surface area contributed by atoms with Gasteiger partial charge in [0.1, 0.15) is 23.4 Å². The zero-order valence-electron chi connectivity index (χ0n) is 24.6. The molecule has 1 rings (SSSR count). The van der Waals surface area contributed by atoms with Crippen LogP contribution in [0.2, 0.25) is 0 Å². The molecule has 4 amide bonds. The fourth-order valence-electron chi connectivity index (χ4n) is 4.07. The van der Waals surface area contributed by atoms with Crippen LogP contribution in [0.15, 0.2) is 24.3 Å². The maximum absolute atomic E-state index is 14.2. The van der Waals surface area contributed by atoms with E-state index in [1.807, 2.05) is 13.8 Å². The van der Waals surface area contributed by atoms with Crippen LogP contribution in [0.25, 0.3) is 0 Å². The monoisotopic (exact) mass is 548 g/mol. The number of primary amides is 1. The van der Waals surface area contributed by atoms with Gasteiger partial charge in [-0.15, -0.1) is 0 Å². The Balaban J connectivity index is 3.58. The number of benzene rings is 1. The molecule has 0 saturated heterocycles. The fraction of sp³-hybridized carbons (Fsp3) is 0.655. The van der Waals surface area contributed by atoms with Gasteiger partial charge in [-0.1, -0.05) is 39.3 Å². The Morgan fingerprint density at radius 2 is 1.64 bits per heavy atom. The number of unbranched alkanes of at least 4 members (excludes halogenated alkanes) is 1. The summed E-state index contributed by atoms with van der Waals surface area (Å²) in [5, 5.41) is 15.4. The van der Waals surface area contributed by atoms with E-state index in [2.05, 4.69) is 24.5 Å². The summed E-state index contributed by atoms with van der Waals surface area (Å²) >= 11 is 0. The molecule has 10 heteroatoms. The van der Waals surface area contributed by atoms with Gasteiger partial charge in [0.2, 0.25) is 17.7 Å². The van der Waals surface area contributed by atoms with E-state index in [-0.39, 0.29) is 24.5 Å². The summed E-state index contributed by atoms with van der Waals surface area (Å²) in [7, 11) is 0. The molecule has 0 aliphatic heterocycles. The van der Waals surface area contributed by atoms with Gasteiger partial charge in [0.15, 0.2) is 0 Å². The highest BCUT2D eigenvalue weighted by molar-refractivity contribution is 5.92. The predicted molar refractivity (Wildman–Crippen MR) is 151 cm³/mol. The minimum Gasteiger partial charge on any atom is -0.508 e. The predicted octanol–water partition coefficient (Wildman–Crippen LogP) is 4.16. The molecule has 0 spiro atoms. The number of rotatable bonds is 15. The van der Waals surface area contributed by atoms with Crippen molar-refractivity contribution in [3.63, 3.8) is 0 Å². The number of carbonyl (C=O) groups excluding carboxylic acids is 4. The average molecular weight is 549 g/mol. The van der Waals surface area contributed by atoms with E-state index < -0.39 is 41.6 Å². The second-order valence-corrected chi connectivity index (χ2v) is 11.4. The van der Waals surface area contributed by atoms with Crippen LogP contribution in [0.1, 0.15) is 98.6 Å². The lowest BCUT2D eigenvalue weighted by Crippen LogP contribution is -2.55. The van der Waals surface area contributed by atoms with Gasteiger partial charge in [-0.05, 0) is 77.0 Å². The summed E-state index contributed by atoms with van der Waals surface area (Å²) in [6.07, 6.45) is 2.05. The van der Waals surface area contributed by atoms with E-state index in [0.29, 0.717) is 24.4 Å². The number of nitrogens with one attached hydrogen (secondary N) is 2. The van der Waals surface area contributed by atoms with Gasteiger partial charge in [0, 0.05) is 19.0 Å². The van der Waals surface area contributed by atoms with Crippen LogP contribution < -0.4 is 16.4 Å². The third-order valence-corrected chi connectivity index (χ3v) is 6.12. The Morgan fingerprint density at radius 1 is 1.03 bits per heavy atom. The fourth-order valence-corrected chi connectivity index (χ4v) is 4.07. The van der Waals surface area contributed by atoms with Crippen LogP contribution in [0, 0.1) is 5.92 Å². The lowest BCUT2D eigenvalue weighted by molar-refractivity contribution is -0.145. The van der Waals surface area contributed by atoms with E-state index in [1.165, 1.54) is 17.0 Å². The van der Waals surface area contributed by atoms with E-state index in [9.17, 15) is 24.3 Å². The topological polar surface area (TPSA) is 151 Å². The first-order valence-corrected chi connectivity index (χ1v) is 13.8. The van der Waals surface area contributed by atoms with E-state index in [4.69, 9.17) is 10.5 Å². The molecule has 0 fully saturated rings. The average Bonchev–Trinajstić information content (AvgIpc) is 2.82. The number of amides is 4. The van der Waals surface area contributed by atoms with Gasteiger partial charge >= 0.3 is 6.09 Å². The third kappa shape index (κ3) is 12.4. The van der Waals surface area contributed by atoms with Crippen molar-refractivity contribution < 1.29 is 29.0 Å². The van der Waals surface area contributed by atoms with Crippen molar-refractivity contribution in [2.75, 3.05) is 6.54 Å². The van der Waals surface area contributed by atoms with Crippen LogP contribution in [0.3, 0.4) is 0 Å². The largest absolute Gasteiger partial charge is 0.508 e. The van der Waals surface area contributed by atoms with Crippen LogP contribution >= 0.6 is 0 Å². The number of nitrogens with zero attached hydrogens (tertiary/aromatic N) is 1. The van der Waals surface area contributed by atoms with Crippen molar-refractivity contribution in [1.82, 2.24) is 15.5 Å². The molecule has 0 aliphatic rings. The highest BCUT2D eigenvalue weighted by Crippen LogP contribution is 2.29. The minimum atomic E-state index is -1.16. The molecule has 1 aromatic carbocycles. The second-order valence-electron chi connectivity index (χ2n) is 11.4. The molecule has 220 valence electrons. The Hall–Kier alpha value is -3.30. The summed E-state index contributed by atoms with van der Waals surface area (Å²) in [5.74, 6) is -1.13. The molecule has 3 unspecified atom stereocenters. The Bertz CT molecular complexity index is 942. The lowest BCUT2D eigenvalue weighted by Gasteiger charge is -2.39. The molecule has 5 N–H and O–H groups in total. The highest BCUT2D eigenvalue weighted by Gasteiger charge is 2.38. The molecule has 0 bridgehead atoms. The first-order chi connectivity index (χ1) is 18.2. The number of phenolic OH excluding ortho intramolecular Hbond substituents is 1. The van der Waals surface area contributed by atoms with Crippen molar-refractivity contribution in [1.29, 1.82) is 0 Å². The van der Waals surface area contributed by atoms with Crippen molar-refractivity contribution >= 4 is 23.8 Å². The van der Waals surface area contributed by atoms with Gasteiger partial charge in [-0.25, -0.2) is 4.79 Å². The van der Waals surface area contributed by atoms with Crippen molar-refractivity contribution in [3.05, 3.63) is 29.8 Å². The van der Waals surface area contributed by atoms with Crippen LogP contribution in [-0.2, 0) is 19.1 Å². The number of carbonyl (C=O) groups is 4. The Labute approximate surface area is 233 Å². The molecule has 0 aromatic heterocycles. The van der Waals surface area contributed by atoms with Crippen LogP contribution in [0.4, 0.5) is 4.79 Å². The van der Waals surface area contributed by atoms with Crippen molar-refractivity contribution in [2.24, 2.45) is 11.7 Å². The van der Waals surface area contributed by atoms with Gasteiger partial charge in [-0.3, -0.25) is 14.4 Å². The SMILES string of the molecule is CCCCNC(=O)C(c1ccc(O)cc1)N(C(=O)C(CCC(N)=O)NC(=O)OC(C)(C)C)C(C)CCC(C)C. The molecular formula is C29H48N4O6. The number of hydrogen-bond donors (Lipinski definition) is 4. The number of alkyl carbamates (subject to hydrolysis) is 1. The van der Waals surface area contributed by atoms with Gasteiger partial charge in [-0.2, -0.15) is 0 Å². The van der Waals surface area contributed by atoms with Crippen molar-refractivity contribution in [2.45, 2.75) is 111 Å². The molecule has 1 aromatic rings.